The van der Waals surface area contributed by atoms with Crippen LogP contribution in [-0.2, 0) is 16.8 Å². The first kappa shape index (κ1) is 18.0. The molecule has 1 aromatic carbocycles. The average molecular weight is 408 g/mol. The molecule has 4 aliphatic rings. The van der Waals surface area contributed by atoms with Gasteiger partial charge >= 0.3 is 0 Å². The van der Waals surface area contributed by atoms with Crippen LogP contribution in [0.1, 0.15) is 49.8 Å². The highest BCUT2D eigenvalue weighted by Crippen LogP contribution is 2.60. The number of hydrogen-bond donors (Lipinski definition) is 2. The summed E-state index contributed by atoms with van der Waals surface area (Å²) in [5.41, 5.74) is 2.31. The van der Waals surface area contributed by atoms with Crippen molar-refractivity contribution in [2.24, 2.45) is 11.8 Å². The molecule has 8 heteroatoms. The largest absolute Gasteiger partial charge is 0.358 e. The first-order valence-electron chi connectivity index (χ1n) is 10.7. The molecule has 7 nitrogen and oxygen atoms in total. The number of hydrogen-bond acceptors (Lipinski definition) is 4. The van der Waals surface area contributed by atoms with E-state index in [1.165, 1.54) is 24.9 Å². The van der Waals surface area contributed by atoms with E-state index in [4.69, 9.17) is 0 Å². The number of carbonyl (C=O) groups excluding carboxylic acids is 1. The maximum Gasteiger partial charge on any atom is 0.224 e. The third-order valence-corrected chi connectivity index (χ3v) is 7.63. The zero-order valence-corrected chi connectivity index (χ0v) is 17.0. The van der Waals surface area contributed by atoms with E-state index in [1.54, 1.807) is 10.9 Å². The average Bonchev–Trinajstić information content (AvgIpc) is 3.30. The van der Waals surface area contributed by atoms with Crippen molar-refractivity contribution in [3.05, 3.63) is 41.6 Å². The van der Waals surface area contributed by atoms with E-state index in [-0.39, 0.29) is 29.2 Å². The third kappa shape index (κ3) is 2.69. The second-order valence-corrected chi connectivity index (χ2v) is 9.83. The van der Waals surface area contributed by atoms with Gasteiger partial charge in [0.25, 0.3) is 0 Å². The molecule has 0 aliphatic heterocycles. The van der Waals surface area contributed by atoms with E-state index in [1.807, 2.05) is 6.92 Å². The lowest BCUT2D eigenvalue weighted by atomic mass is 9.50. The van der Waals surface area contributed by atoms with Crippen molar-refractivity contribution in [2.75, 3.05) is 0 Å². The number of benzene rings is 1. The molecule has 4 aliphatic carbocycles. The van der Waals surface area contributed by atoms with Crippen LogP contribution >= 0.6 is 0 Å². The summed E-state index contributed by atoms with van der Waals surface area (Å²) in [6.07, 6.45) is 8.02. The molecule has 4 bridgehead atoms. The third-order valence-electron chi connectivity index (χ3n) is 7.63. The zero-order chi connectivity index (χ0) is 20.5. The zero-order valence-electron chi connectivity index (χ0n) is 17.0. The van der Waals surface area contributed by atoms with E-state index >= 15 is 0 Å². The summed E-state index contributed by atoms with van der Waals surface area (Å²) >= 11 is 0. The molecular weight excluding hydrogens is 383 g/mol. The van der Waals surface area contributed by atoms with Gasteiger partial charge in [-0.15, -0.1) is 10.2 Å². The van der Waals surface area contributed by atoms with Crippen LogP contribution in [0.4, 0.5) is 4.39 Å². The van der Waals surface area contributed by atoms with Gasteiger partial charge in [0.15, 0.2) is 6.33 Å². The highest BCUT2D eigenvalue weighted by molar-refractivity contribution is 5.90. The van der Waals surface area contributed by atoms with Crippen LogP contribution in [0.15, 0.2) is 24.5 Å². The van der Waals surface area contributed by atoms with Crippen LogP contribution in [0, 0.1) is 24.6 Å². The van der Waals surface area contributed by atoms with Crippen LogP contribution in [0.5, 0.6) is 0 Å². The van der Waals surface area contributed by atoms with Gasteiger partial charge in [0.1, 0.15) is 5.82 Å². The maximum absolute atomic E-state index is 13.8. The Morgan fingerprint density at radius 3 is 2.83 bits per heavy atom. The van der Waals surface area contributed by atoms with Crippen molar-refractivity contribution in [3.63, 3.8) is 0 Å². The fourth-order valence-corrected chi connectivity index (χ4v) is 7.06. The summed E-state index contributed by atoms with van der Waals surface area (Å²) in [4.78, 5) is 18.3. The number of fused-ring (bicyclic) bond motifs is 1. The molecule has 1 amide bonds. The Morgan fingerprint density at radius 1 is 1.30 bits per heavy atom. The molecule has 3 aromatic rings. The summed E-state index contributed by atoms with van der Waals surface area (Å²) in [6, 6.07) is 4.68. The number of nitrogens with one attached hydrogen (secondary N) is 2. The minimum absolute atomic E-state index is 0.00640. The topological polar surface area (TPSA) is 88.5 Å². The normalized spacial score (nSPS) is 32.1. The molecule has 2 atom stereocenters. The minimum Gasteiger partial charge on any atom is -0.358 e. The standard InChI is InChI=1S/C22H25FN6O/c1-13-17(18-5-16(23)2-3-19(18)26-13)6-20(30)27-21-7-14-4-15(8-21)10-22(9-14,11-21)29-25-12-24-28-29/h2-3,5,12,14-15,26H,4,6-11H2,1H3,(H,27,30). The molecule has 2 N–H and O–H groups in total. The number of aromatic nitrogens is 5. The SMILES string of the molecule is Cc1[nH]c2ccc(F)cc2c1CC(=O)NC12CC3CC(C1)CC(n1ncnn1)(C3)C2. The maximum atomic E-state index is 13.8. The van der Waals surface area contributed by atoms with Gasteiger partial charge in [-0.05, 0) is 86.3 Å². The highest BCUT2D eigenvalue weighted by Gasteiger charge is 2.60. The number of halogens is 1. The van der Waals surface area contributed by atoms with Crippen LogP contribution in [0.2, 0.25) is 0 Å². The summed E-state index contributed by atoms with van der Waals surface area (Å²) in [7, 11) is 0. The van der Waals surface area contributed by atoms with E-state index in [0.717, 1.165) is 54.3 Å². The predicted molar refractivity (Wildman–Crippen MR) is 108 cm³/mol. The number of aryl methyl sites for hydroxylation is 1. The van der Waals surface area contributed by atoms with E-state index in [2.05, 4.69) is 25.7 Å². The molecule has 2 unspecified atom stereocenters. The van der Waals surface area contributed by atoms with Gasteiger partial charge in [-0.2, -0.15) is 4.80 Å². The smallest absolute Gasteiger partial charge is 0.224 e. The number of carbonyl (C=O) groups is 1. The number of H-pyrrole nitrogens is 1. The lowest BCUT2D eigenvalue weighted by Crippen LogP contribution is -2.66. The lowest BCUT2D eigenvalue weighted by molar-refractivity contribution is -0.130. The molecule has 0 radical (unpaired) electrons. The number of tetrazole rings is 1. The van der Waals surface area contributed by atoms with E-state index < -0.39 is 0 Å². The van der Waals surface area contributed by atoms with Crippen molar-refractivity contribution < 1.29 is 9.18 Å². The van der Waals surface area contributed by atoms with Gasteiger partial charge in [0, 0.05) is 22.1 Å². The Bertz CT molecular complexity index is 1120. The summed E-state index contributed by atoms with van der Waals surface area (Å²) in [5.74, 6) is 0.890. The van der Waals surface area contributed by atoms with Gasteiger partial charge < -0.3 is 10.3 Å². The van der Waals surface area contributed by atoms with Gasteiger partial charge in [-0.3, -0.25) is 4.79 Å². The Labute approximate surface area is 173 Å². The fourth-order valence-electron chi connectivity index (χ4n) is 7.06. The monoisotopic (exact) mass is 408 g/mol. The molecule has 4 fully saturated rings. The lowest BCUT2D eigenvalue weighted by Gasteiger charge is -2.61. The molecule has 0 spiro atoms. The van der Waals surface area contributed by atoms with Gasteiger partial charge in [-0.1, -0.05) is 0 Å². The summed E-state index contributed by atoms with van der Waals surface area (Å²) in [6.45, 7) is 1.94. The van der Waals surface area contributed by atoms with E-state index in [9.17, 15) is 9.18 Å². The van der Waals surface area contributed by atoms with Gasteiger partial charge in [0.05, 0.1) is 12.0 Å². The first-order valence-corrected chi connectivity index (χ1v) is 10.7. The molecule has 0 saturated heterocycles. The van der Waals surface area contributed by atoms with Gasteiger partial charge in [-0.25, -0.2) is 4.39 Å². The van der Waals surface area contributed by atoms with Crippen LogP contribution in [-0.4, -0.2) is 36.6 Å². The van der Waals surface area contributed by atoms with E-state index in [0.29, 0.717) is 11.8 Å². The van der Waals surface area contributed by atoms with Crippen LogP contribution in [0.3, 0.4) is 0 Å². The molecule has 30 heavy (non-hydrogen) atoms. The Kier molecular flexibility index (Phi) is 3.68. The number of aromatic amines is 1. The van der Waals surface area contributed by atoms with Crippen LogP contribution in [0.25, 0.3) is 10.9 Å². The number of amides is 1. The highest BCUT2D eigenvalue weighted by atomic mass is 19.1. The van der Waals surface area contributed by atoms with Crippen molar-refractivity contribution in [2.45, 2.75) is 62.9 Å². The van der Waals surface area contributed by atoms with Crippen molar-refractivity contribution in [3.8, 4) is 0 Å². The Balaban J connectivity index is 1.28. The summed E-state index contributed by atoms with van der Waals surface area (Å²) in [5, 5.41) is 16.8. The van der Waals surface area contributed by atoms with Crippen molar-refractivity contribution >= 4 is 16.8 Å². The second kappa shape index (κ2) is 6.12. The molecule has 2 aromatic heterocycles. The first-order chi connectivity index (χ1) is 14.4. The van der Waals surface area contributed by atoms with Crippen LogP contribution < -0.4 is 5.32 Å². The second-order valence-electron chi connectivity index (χ2n) is 9.83. The van der Waals surface area contributed by atoms with Gasteiger partial charge in [0.2, 0.25) is 5.91 Å². The number of nitrogens with zero attached hydrogens (tertiary/aromatic N) is 4. The van der Waals surface area contributed by atoms with Crippen molar-refractivity contribution in [1.82, 2.24) is 30.5 Å². The Hall–Kier alpha value is -2.77. The summed E-state index contributed by atoms with van der Waals surface area (Å²) < 4.78 is 13.8. The fraction of sp³-hybridized carbons (Fsp3) is 0.545. The molecule has 2 heterocycles. The molecule has 156 valence electrons. The predicted octanol–water partition coefficient (Wildman–Crippen LogP) is 3.01. The molecule has 4 saturated carbocycles. The number of rotatable bonds is 4. The van der Waals surface area contributed by atoms with Crippen molar-refractivity contribution in [1.29, 1.82) is 0 Å². The quantitative estimate of drug-likeness (QED) is 0.695. The molecule has 7 rings (SSSR count). The Morgan fingerprint density at radius 2 is 2.10 bits per heavy atom. The molecular formula is C22H25FN6O. The minimum atomic E-state index is -0.286.